The first kappa shape index (κ1) is 60.4. The molecular formula is C57H102O6. The van der Waals surface area contributed by atoms with Gasteiger partial charge in [-0.2, -0.15) is 0 Å². The van der Waals surface area contributed by atoms with Crippen LogP contribution in [0.15, 0.2) is 48.6 Å². The van der Waals surface area contributed by atoms with Gasteiger partial charge in [-0.25, -0.2) is 0 Å². The number of esters is 3. The van der Waals surface area contributed by atoms with E-state index in [9.17, 15) is 14.4 Å². The summed E-state index contributed by atoms with van der Waals surface area (Å²) in [5.41, 5.74) is 0. The van der Waals surface area contributed by atoms with Gasteiger partial charge in [0.05, 0.1) is 0 Å². The molecule has 0 radical (unpaired) electrons. The zero-order chi connectivity index (χ0) is 45.8. The standard InChI is InChI=1S/C57H102O6/c1-4-7-10-13-16-19-22-25-28-31-34-37-40-43-46-49-55(58)61-52-54(63-57(60)51-48-45-42-39-36-33-30-27-24-21-18-15-12-9-6-3)53-62-56(59)50-47-44-41-38-35-32-29-26-23-20-17-14-11-8-5-2/h7,10,16,19-20,23,25,28,54H,4-6,8-9,11-15,17-18,21-22,24,26-27,29-53H2,1-3H3/b10-7-,19-16-,23-20-,28-25-/t54-/m1/s1. The maximum atomic E-state index is 12.8. The maximum Gasteiger partial charge on any atom is 0.306 e. The Bertz CT molecular complexity index is 1110. The highest BCUT2D eigenvalue weighted by atomic mass is 16.6. The van der Waals surface area contributed by atoms with Crippen molar-refractivity contribution < 1.29 is 28.6 Å². The molecule has 0 aliphatic carbocycles. The first-order valence-electron chi connectivity index (χ1n) is 27.1. The predicted octanol–water partition coefficient (Wildman–Crippen LogP) is 17.9. The van der Waals surface area contributed by atoms with Crippen molar-refractivity contribution in [3.8, 4) is 0 Å². The molecule has 6 heteroatoms. The summed E-state index contributed by atoms with van der Waals surface area (Å²) in [7, 11) is 0. The zero-order valence-electron chi connectivity index (χ0n) is 41.8. The van der Waals surface area contributed by atoms with E-state index >= 15 is 0 Å². The molecule has 0 aliphatic heterocycles. The van der Waals surface area contributed by atoms with Crippen molar-refractivity contribution in [2.24, 2.45) is 0 Å². The number of hydrogen-bond donors (Lipinski definition) is 0. The Kier molecular flexibility index (Phi) is 49.8. The molecule has 0 aliphatic rings. The van der Waals surface area contributed by atoms with Crippen molar-refractivity contribution in [1.82, 2.24) is 0 Å². The molecule has 0 spiro atoms. The molecule has 0 heterocycles. The molecule has 0 saturated heterocycles. The van der Waals surface area contributed by atoms with Gasteiger partial charge in [-0.15, -0.1) is 0 Å². The van der Waals surface area contributed by atoms with Gasteiger partial charge < -0.3 is 14.2 Å². The molecule has 0 amide bonds. The van der Waals surface area contributed by atoms with E-state index in [1.165, 1.54) is 141 Å². The highest BCUT2D eigenvalue weighted by molar-refractivity contribution is 5.71. The van der Waals surface area contributed by atoms with Crippen LogP contribution < -0.4 is 0 Å². The van der Waals surface area contributed by atoms with Gasteiger partial charge in [0.1, 0.15) is 13.2 Å². The molecule has 0 saturated carbocycles. The summed E-state index contributed by atoms with van der Waals surface area (Å²) in [6.07, 6.45) is 62.3. The molecule has 0 fully saturated rings. The molecule has 0 rings (SSSR count). The molecule has 0 bridgehead atoms. The van der Waals surface area contributed by atoms with Crippen molar-refractivity contribution in [3.63, 3.8) is 0 Å². The average Bonchev–Trinajstić information content (AvgIpc) is 3.28. The van der Waals surface area contributed by atoms with Gasteiger partial charge in [0.2, 0.25) is 0 Å². The van der Waals surface area contributed by atoms with Crippen LogP contribution in [0.1, 0.15) is 278 Å². The van der Waals surface area contributed by atoms with E-state index in [0.717, 1.165) is 96.3 Å². The second kappa shape index (κ2) is 52.0. The minimum absolute atomic E-state index is 0.0784. The van der Waals surface area contributed by atoms with E-state index in [-0.39, 0.29) is 31.1 Å². The normalized spacial score (nSPS) is 12.4. The molecule has 0 aromatic heterocycles. The largest absolute Gasteiger partial charge is 0.462 e. The van der Waals surface area contributed by atoms with Crippen molar-refractivity contribution in [3.05, 3.63) is 48.6 Å². The third-order valence-electron chi connectivity index (χ3n) is 11.8. The Hall–Kier alpha value is -2.63. The van der Waals surface area contributed by atoms with Gasteiger partial charge in [0.15, 0.2) is 6.10 Å². The second-order valence-corrected chi connectivity index (χ2v) is 18.1. The summed E-state index contributed by atoms with van der Waals surface area (Å²) in [6.45, 7) is 6.52. The van der Waals surface area contributed by atoms with Crippen LogP contribution in [0.5, 0.6) is 0 Å². The Morgan fingerprint density at radius 3 is 1.00 bits per heavy atom. The van der Waals surface area contributed by atoms with E-state index in [1.807, 2.05) is 0 Å². The fourth-order valence-electron chi connectivity index (χ4n) is 7.75. The van der Waals surface area contributed by atoms with E-state index in [4.69, 9.17) is 14.2 Å². The Morgan fingerprint density at radius 2 is 0.619 bits per heavy atom. The molecule has 6 nitrogen and oxygen atoms in total. The third-order valence-corrected chi connectivity index (χ3v) is 11.8. The topological polar surface area (TPSA) is 78.9 Å². The third kappa shape index (κ3) is 50.2. The lowest BCUT2D eigenvalue weighted by Crippen LogP contribution is -2.30. The molecule has 1 atom stereocenters. The molecule has 0 N–H and O–H groups in total. The van der Waals surface area contributed by atoms with Crippen LogP contribution in [-0.2, 0) is 28.6 Å². The van der Waals surface area contributed by atoms with Crippen LogP contribution in [0.4, 0.5) is 0 Å². The number of hydrogen-bond acceptors (Lipinski definition) is 6. The SMILES string of the molecule is CC/C=C\C/C=C\C/C=C\CCCCCCCC(=O)OC[C@H](COC(=O)CCCCCCCCC/C=C\CCCCCC)OC(=O)CCCCCCCCCCCCCCCCC. The van der Waals surface area contributed by atoms with Crippen LogP contribution in [0.25, 0.3) is 0 Å². The molecule has 63 heavy (non-hydrogen) atoms. The Labute approximate surface area is 390 Å². The van der Waals surface area contributed by atoms with Gasteiger partial charge in [-0.3, -0.25) is 14.4 Å². The minimum Gasteiger partial charge on any atom is -0.462 e. The van der Waals surface area contributed by atoms with E-state index in [0.29, 0.717) is 19.3 Å². The lowest BCUT2D eigenvalue weighted by molar-refractivity contribution is -0.167. The first-order chi connectivity index (χ1) is 31.0. The van der Waals surface area contributed by atoms with E-state index in [1.54, 1.807) is 0 Å². The van der Waals surface area contributed by atoms with Gasteiger partial charge in [0, 0.05) is 19.3 Å². The number of ether oxygens (including phenoxy) is 3. The summed E-state index contributed by atoms with van der Waals surface area (Å²) in [4.78, 5) is 38.0. The second-order valence-electron chi connectivity index (χ2n) is 18.1. The number of carbonyl (C=O) groups is 3. The predicted molar refractivity (Wildman–Crippen MR) is 270 cm³/mol. The van der Waals surface area contributed by atoms with Gasteiger partial charge in [-0.1, -0.05) is 230 Å². The minimum atomic E-state index is -0.779. The number of unbranched alkanes of at least 4 members (excludes halogenated alkanes) is 30. The molecule has 0 unspecified atom stereocenters. The fraction of sp³-hybridized carbons (Fsp3) is 0.807. The summed E-state index contributed by atoms with van der Waals surface area (Å²) in [6, 6.07) is 0. The highest BCUT2D eigenvalue weighted by Gasteiger charge is 2.19. The quantitative estimate of drug-likeness (QED) is 0.0262. The molecular weight excluding hydrogens is 781 g/mol. The van der Waals surface area contributed by atoms with Crippen LogP contribution >= 0.6 is 0 Å². The lowest BCUT2D eigenvalue weighted by atomic mass is 10.0. The molecule has 366 valence electrons. The number of rotatable bonds is 49. The summed E-state index contributed by atoms with van der Waals surface area (Å²) in [5.74, 6) is -0.888. The van der Waals surface area contributed by atoms with Crippen LogP contribution in [0.3, 0.4) is 0 Å². The van der Waals surface area contributed by atoms with Gasteiger partial charge >= 0.3 is 17.9 Å². The highest BCUT2D eigenvalue weighted by Crippen LogP contribution is 2.16. The van der Waals surface area contributed by atoms with E-state index < -0.39 is 6.10 Å². The van der Waals surface area contributed by atoms with Crippen molar-refractivity contribution in [2.45, 2.75) is 284 Å². The summed E-state index contributed by atoms with van der Waals surface area (Å²) >= 11 is 0. The van der Waals surface area contributed by atoms with Crippen LogP contribution in [0.2, 0.25) is 0 Å². The molecule has 0 aromatic carbocycles. The van der Waals surface area contributed by atoms with Crippen molar-refractivity contribution in [1.29, 1.82) is 0 Å². The van der Waals surface area contributed by atoms with Crippen molar-refractivity contribution in [2.75, 3.05) is 13.2 Å². The van der Waals surface area contributed by atoms with Gasteiger partial charge in [0.25, 0.3) is 0 Å². The Balaban J connectivity index is 4.38. The maximum absolute atomic E-state index is 12.8. The van der Waals surface area contributed by atoms with E-state index in [2.05, 4.69) is 69.4 Å². The summed E-state index contributed by atoms with van der Waals surface area (Å²) < 4.78 is 16.8. The number of carbonyl (C=O) groups excluding carboxylic acids is 3. The van der Waals surface area contributed by atoms with Crippen LogP contribution in [-0.4, -0.2) is 37.2 Å². The first-order valence-corrected chi connectivity index (χ1v) is 27.1. The zero-order valence-corrected chi connectivity index (χ0v) is 41.8. The fourth-order valence-corrected chi connectivity index (χ4v) is 7.75. The average molecular weight is 883 g/mol. The monoisotopic (exact) mass is 883 g/mol. The van der Waals surface area contributed by atoms with Crippen LogP contribution in [0, 0.1) is 0 Å². The Morgan fingerprint density at radius 1 is 0.333 bits per heavy atom. The van der Waals surface area contributed by atoms with Gasteiger partial charge in [-0.05, 0) is 77.0 Å². The number of allylic oxidation sites excluding steroid dienone is 8. The molecule has 0 aromatic rings. The lowest BCUT2D eigenvalue weighted by Gasteiger charge is -2.18. The van der Waals surface area contributed by atoms with Crippen molar-refractivity contribution >= 4 is 17.9 Å². The smallest absolute Gasteiger partial charge is 0.306 e. The summed E-state index contributed by atoms with van der Waals surface area (Å²) in [5, 5.41) is 0.